The number of amides is 2. The van der Waals surface area contributed by atoms with Crippen LogP contribution in [0.1, 0.15) is 12.5 Å². The second-order valence-corrected chi connectivity index (χ2v) is 8.25. The Bertz CT molecular complexity index is 1180. The molecule has 2 heterocycles. The lowest BCUT2D eigenvalue weighted by Gasteiger charge is -2.31. The molecule has 0 aliphatic carbocycles. The van der Waals surface area contributed by atoms with Gasteiger partial charge in [0.2, 0.25) is 11.8 Å². The molecule has 166 valence electrons. The predicted octanol–water partition coefficient (Wildman–Crippen LogP) is 4.97. The number of nitrogens with one attached hydrogen (secondary N) is 1. The molecule has 0 saturated heterocycles. The first-order valence-electron chi connectivity index (χ1n) is 9.33. The number of hydrogen-bond donors (Lipinski definition) is 1. The number of halogens is 4. The Morgan fingerprint density at radius 3 is 2.62 bits per heavy atom. The minimum Gasteiger partial charge on any atom is -0.431 e. The van der Waals surface area contributed by atoms with E-state index in [-0.39, 0.29) is 23.1 Å². The molecule has 1 atom stereocenters. The van der Waals surface area contributed by atoms with E-state index in [4.69, 9.17) is 4.42 Å². The van der Waals surface area contributed by atoms with Crippen LogP contribution in [0.5, 0.6) is 0 Å². The Morgan fingerprint density at radius 2 is 1.94 bits per heavy atom. The van der Waals surface area contributed by atoms with Crippen molar-refractivity contribution in [3.63, 3.8) is 0 Å². The van der Waals surface area contributed by atoms with Crippen molar-refractivity contribution in [3.05, 3.63) is 60.0 Å². The van der Waals surface area contributed by atoms with E-state index in [2.05, 4.69) is 10.3 Å². The molecule has 32 heavy (non-hydrogen) atoms. The van der Waals surface area contributed by atoms with Crippen LogP contribution in [0.15, 0.2) is 58.3 Å². The van der Waals surface area contributed by atoms with Gasteiger partial charge >= 0.3 is 6.18 Å². The van der Waals surface area contributed by atoms with Crippen molar-refractivity contribution >= 4 is 35.0 Å². The lowest BCUT2D eigenvalue weighted by molar-refractivity contribution is -0.137. The number of thioether (sulfide) groups is 1. The summed E-state index contributed by atoms with van der Waals surface area (Å²) < 4.78 is 57.7. The van der Waals surface area contributed by atoms with Crippen LogP contribution in [0.3, 0.4) is 0 Å². The first-order chi connectivity index (χ1) is 15.1. The van der Waals surface area contributed by atoms with Gasteiger partial charge in [-0.1, -0.05) is 11.8 Å². The van der Waals surface area contributed by atoms with Gasteiger partial charge in [-0.05, 0) is 49.4 Å². The largest absolute Gasteiger partial charge is 0.431 e. The molecule has 4 rings (SSSR count). The number of anilines is 2. The maximum atomic E-state index is 13.1. The van der Waals surface area contributed by atoms with Crippen LogP contribution in [0.2, 0.25) is 0 Å². The number of benzene rings is 2. The van der Waals surface area contributed by atoms with Gasteiger partial charge in [0.25, 0.3) is 5.22 Å². The zero-order chi connectivity index (χ0) is 23.0. The van der Waals surface area contributed by atoms with Crippen molar-refractivity contribution < 1.29 is 31.6 Å². The average molecular weight is 465 g/mol. The third kappa shape index (κ3) is 4.47. The summed E-state index contributed by atoms with van der Waals surface area (Å²) >= 11 is 0.993. The highest BCUT2D eigenvalue weighted by Crippen LogP contribution is 2.38. The summed E-state index contributed by atoms with van der Waals surface area (Å²) in [4.78, 5) is 30.3. The van der Waals surface area contributed by atoms with Crippen LogP contribution in [0.25, 0.3) is 11.3 Å². The summed E-state index contributed by atoms with van der Waals surface area (Å²) in [6.45, 7) is 1.25. The summed E-state index contributed by atoms with van der Waals surface area (Å²) in [6, 6.07) is 8.42. The first-order valence-corrected chi connectivity index (χ1v) is 10.2. The highest BCUT2D eigenvalue weighted by Gasteiger charge is 2.35. The minimum atomic E-state index is -4.58. The lowest BCUT2D eigenvalue weighted by atomic mass is 10.1. The standard InChI is InChI=1S/C21H15F4N3O3S/c1-11(32-20-26-9-17(31-20)12-2-5-14(22)6-3-12)19(30)28-10-18(29)27-15-8-13(21(23,24)25)4-7-16(15)28/h2-9,11H,10H2,1H3,(H,27,29). The maximum absolute atomic E-state index is 13.1. The topological polar surface area (TPSA) is 75.4 Å². The smallest absolute Gasteiger partial charge is 0.416 e. The van der Waals surface area contributed by atoms with Gasteiger partial charge in [-0.2, -0.15) is 13.2 Å². The molecule has 1 aromatic heterocycles. The Labute approximate surface area is 183 Å². The molecular weight excluding hydrogens is 450 g/mol. The van der Waals surface area contributed by atoms with E-state index in [1.165, 1.54) is 30.5 Å². The fourth-order valence-corrected chi connectivity index (χ4v) is 3.93. The van der Waals surface area contributed by atoms with Gasteiger partial charge < -0.3 is 9.73 Å². The minimum absolute atomic E-state index is 0.0867. The summed E-state index contributed by atoms with van der Waals surface area (Å²) in [5.41, 5.74) is -0.237. The molecule has 3 aromatic rings. The second-order valence-electron chi connectivity index (χ2n) is 6.96. The van der Waals surface area contributed by atoms with E-state index in [1.54, 1.807) is 6.92 Å². The fraction of sp³-hybridized carbons (Fsp3) is 0.190. The molecule has 0 spiro atoms. The van der Waals surface area contributed by atoms with Crippen molar-refractivity contribution in [1.29, 1.82) is 0 Å². The molecule has 6 nitrogen and oxygen atoms in total. The molecule has 0 saturated carbocycles. The zero-order valence-electron chi connectivity index (χ0n) is 16.4. The highest BCUT2D eigenvalue weighted by molar-refractivity contribution is 8.00. The van der Waals surface area contributed by atoms with Gasteiger partial charge in [0.05, 0.1) is 28.4 Å². The Hall–Kier alpha value is -3.34. The van der Waals surface area contributed by atoms with E-state index < -0.39 is 34.6 Å². The normalized spacial score (nSPS) is 14.7. The van der Waals surface area contributed by atoms with Crippen LogP contribution in [-0.4, -0.2) is 28.6 Å². The van der Waals surface area contributed by atoms with Crippen LogP contribution in [-0.2, 0) is 15.8 Å². The Kier molecular flexibility index (Phi) is 5.68. The third-order valence-electron chi connectivity index (χ3n) is 4.70. The van der Waals surface area contributed by atoms with Crippen molar-refractivity contribution in [2.24, 2.45) is 0 Å². The van der Waals surface area contributed by atoms with Crippen molar-refractivity contribution in [1.82, 2.24) is 4.98 Å². The monoisotopic (exact) mass is 465 g/mol. The van der Waals surface area contributed by atoms with E-state index in [0.29, 0.717) is 11.3 Å². The predicted molar refractivity (Wildman–Crippen MR) is 110 cm³/mol. The SMILES string of the molecule is CC(Sc1ncc(-c2ccc(F)cc2)o1)C(=O)N1CC(=O)Nc2cc(C(F)(F)F)ccc21. The van der Waals surface area contributed by atoms with Crippen LogP contribution < -0.4 is 10.2 Å². The van der Waals surface area contributed by atoms with Gasteiger partial charge in [0.1, 0.15) is 12.4 Å². The quantitative estimate of drug-likeness (QED) is 0.435. The third-order valence-corrected chi connectivity index (χ3v) is 5.64. The molecule has 0 radical (unpaired) electrons. The summed E-state index contributed by atoms with van der Waals surface area (Å²) in [7, 11) is 0. The van der Waals surface area contributed by atoms with Crippen molar-refractivity contribution in [2.75, 3.05) is 16.8 Å². The van der Waals surface area contributed by atoms with E-state index in [9.17, 15) is 27.2 Å². The highest BCUT2D eigenvalue weighted by atomic mass is 32.2. The first kappa shape index (κ1) is 21.9. The summed E-state index contributed by atoms with van der Waals surface area (Å²) in [5.74, 6) is -1.10. The number of oxazole rings is 1. The van der Waals surface area contributed by atoms with Crippen LogP contribution in [0.4, 0.5) is 28.9 Å². The molecule has 0 fully saturated rings. The fourth-order valence-electron chi connectivity index (χ4n) is 3.14. The summed E-state index contributed by atoms with van der Waals surface area (Å²) in [6.07, 6.45) is -3.14. The van der Waals surface area contributed by atoms with Gasteiger partial charge in [-0.25, -0.2) is 9.37 Å². The zero-order valence-corrected chi connectivity index (χ0v) is 17.3. The molecule has 2 aromatic carbocycles. The number of alkyl halides is 3. The van der Waals surface area contributed by atoms with E-state index in [1.807, 2.05) is 0 Å². The molecule has 1 aliphatic heterocycles. The van der Waals surface area contributed by atoms with E-state index >= 15 is 0 Å². The number of rotatable bonds is 4. The van der Waals surface area contributed by atoms with Gasteiger partial charge in [0, 0.05) is 5.56 Å². The molecule has 11 heteroatoms. The van der Waals surface area contributed by atoms with Crippen LogP contribution >= 0.6 is 11.8 Å². The molecule has 0 bridgehead atoms. The maximum Gasteiger partial charge on any atom is 0.416 e. The molecular formula is C21H15F4N3O3S. The molecule has 1 N–H and O–H groups in total. The van der Waals surface area contributed by atoms with E-state index in [0.717, 1.165) is 34.9 Å². The Morgan fingerprint density at radius 1 is 1.22 bits per heavy atom. The molecule has 2 amide bonds. The molecule has 1 unspecified atom stereocenters. The number of hydrogen-bond acceptors (Lipinski definition) is 5. The lowest BCUT2D eigenvalue weighted by Crippen LogP contribution is -2.45. The van der Waals surface area contributed by atoms with Gasteiger partial charge in [-0.15, -0.1) is 0 Å². The van der Waals surface area contributed by atoms with Crippen LogP contribution in [0, 0.1) is 5.82 Å². The Balaban J connectivity index is 1.52. The average Bonchev–Trinajstić information content (AvgIpc) is 3.20. The number of nitrogens with zero attached hydrogens (tertiary/aromatic N) is 2. The number of carbonyl (C=O) groups is 2. The molecule has 1 aliphatic rings. The number of carbonyl (C=O) groups excluding carboxylic acids is 2. The van der Waals surface area contributed by atoms with Crippen molar-refractivity contribution in [3.8, 4) is 11.3 Å². The summed E-state index contributed by atoms with van der Waals surface area (Å²) in [5, 5.41) is 1.80. The van der Waals surface area contributed by atoms with Crippen molar-refractivity contribution in [2.45, 2.75) is 23.6 Å². The number of aromatic nitrogens is 1. The van der Waals surface area contributed by atoms with Gasteiger partial charge in [-0.3, -0.25) is 14.5 Å². The van der Waals surface area contributed by atoms with Gasteiger partial charge in [0.15, 0.2) is 5.76 Å². The second kappa shape index (κ2) is 8.30. The number of fused-ring (bicyclic) bond motifs is 1.